The van der Waals surface area contributed by atoms with E-state index in [1.54, 1.807) is 7.11 Å². The zero-order valence-electron chi connectivity index (χ0n) is 10.4. The fourth-order valence-electron chi connectivity index (χ4n) is 1.40. The summed E-state index contributed by atoms with van der Waals surface area (Å²) >= 11 is 0. The van der Waals surface area contributed by atoms with Crippen LogP contribution in [0.1, 0.15) is 19.3 Å². The smallest absolute Gasteiger partial charge is 0.536 e. The van der Waals surface area contributed by atoms with Crippen molar-refractivity contribution in [2.45, 2.75) is 25.6 Å². The number of halogens is 3. The van der Waals surface area contributed by atoms with E-state index in [9.17, 15) is 13.2 Å². The predicted octanol–water partition coefficient (Wildman–Crippen LogP) is 0.883. The molecule has 1 saturated heterocycles. The third-order valence-electron chi connectivity index (χ3n) is 2.09. The first-order chi connectivity index (χ1) is 8.64. The Morgan fingerprint density at radius 3 is 2.11 bits per heavy atom. The molecule has 0 aliphatic carbocycles. The Morgan fingerprint density at radius 2 is 1.79 bits per heavy atom. The number of methoxy groups -OCH3 is 1. The van der Waals surface area contributed by atoms with Crippen LogP contribution >= 0.6 is 0 Å². The molecule has 0 aromatic rings. The van der Waals surface area contributed by atoms with E-state index in [1.807, 2.05) is 4.18 Å². The van der Waals surface area contributed by atoms with Gasteiger partial charge in [-0.15, -0.1) is 13.2 Å². The Morgan fingerprint density at radius 1 is 1.26 bits per heavy atom. The monoisotopic (exact) mass is 307 g/mol. The molecule has 6 nitrogen and oxygen atoms in total. The molecule has 114 valence electrons. The number of piperidine rings is 1. The number of ether oxygens (including phenoxy) is 1. The van der Waals surface area contributed by atoms with Crippen LogP contribution in [0.15, 0.2) is 0 Å². The van der Waals surface area contributed by atoms with Gasteiger partial charge in [0.25, 0.3) is 0 Å². The van der Waals surface area contributed by atoms with Gasteiger partial charge in [-0.2, -0.15) is 4.18 Å². The summed E-state index contributed by atoms with van der Waals surface area (Å²) in [5.74, 6) is 0. The highest BCUT2D eigenvalue weighted by Gasteiger charge is 2.32. The second-order valence-electron chi connectivity index (χ2n) is 3.67. The Bertz CT molecular complexity index is 372. The molecule has 0 bridgehead atoms. The first-order valence-corrected chi connectivity index (χ1v) is 6.77. The first kappa shape index (κ1) is 18.3. The second kappa shape index (κ2) is 8.46. The van der Waals surface area contributed by atoms with E-state index in [0.29, 0.717) is 0 Å². The third-order valence-corrected chi connectivity index (χ3v) is 2.48. The number of alkyl halides is 3. The lowest BCUT2D eigenvalue weighted by atomic mass is 10.2. The maximum atomic E-state index is 10.8. The third kappa shape index (κ3) is 13.5. The molecule has 1 aliphatic rings. The Balaban J connectivity index is 0.000000344. The van der Waals surface area contributed by atoms with Crippen molar-refractivity contribution in [3.05, 3.63) is 0 Å². The molecule has 0 N–H and O–H groups in total. The molecule has 0 radical (unpaired) electrons. The van der Waals surface area contributed by atoms with E-state index < -0.39 is 16.8 Å². The summed E-state index contributed by atoms with van der Waals surface area (Å²) in [6.45, 7) is 3.22. The topological polar surface area (TPSA) is 78.7 Å². The fraction of sp³-hybridized carbons (Fsp3) is 0.889. The minimum atomic E-state index is -5.66. The normalized spacial score (nSPS) is 16.6. The van der Waals surface area contributed by atoms with Crippen LogP contribution in [0.3, 0.4) is 0 Å². The molecule has 1 fully saturated rings. The van der Waals surface area contributed by atoms with E-state index in [0.717, 1.165) is 6.61 Å². The number of hydrogen-bond donors (Lipinski definition) is 0. The van der Waals surface area contributed by atoms with Crippen molar-refractivity contribution in [2.24, 2.45) is 0 Å². The largest absolute Gasteiger partial charge is 0.725 e. The summed E-state index contributed by atoms with van der Waals surface area (Å²) in [5.41, 5.74) is 0. The van der Waals surface area contributed by atoms with Gasteiger partial charge in [0, 0.05) is 20.0 Å². The van der Waals surface area contributed by atoms with Crippen LogP contribution in [-0.2, 0) is 19.3 Å². The molecule has 1 aliphatic heterocycles. The summed E-state index contributed by atoms with van der Waals surface area (Å²) in [6.07, 6.45) is 0.831. The zero-order chi connectivity index (χ0) is 14.9. The molecule has 0 aromatic carbocycles. The van der Waals surface area contributed by atoms with E-state index in [1.165, 1.54) is 32.4 Å². The summed E-state index contributed by atoms with van der Waals surface area (Å²) in [7, 11) is -3.92. The van der Waals surface area contributed by atoms with Crippen LogP contribution in [0, 0.1) is 0 Å². The SMILES string of the molecule is COCC=[N+]1CCCCC1.O=S(=O)([O-])OC(F)(F)F. The molecule has 0 spiro atoms. The molecule has 1 heterocycles. The first-order valence-electron chi connectivity index (χ1n) is 5.43. The fourth-order valence-corrected chi connectivity index (χ4v) is 1.63. The molecule has 10 heteroatoms. The molecule has 0 aromatic heterocycles. The van der Waals surface area contributed by atoms with Gasteiger partial charge < -0.3 is 9.29 Å². The number of nitrogens with zero attached hydrogens (tertiary/aromatic N) is 1. The quantitative estimate of drug-likeness (QED) is 0.439. The van der Waals surface area contributed by atoms with E-state index >= 15 is 0 Å². The van der Waals surface area contributed by atoms with Gasteiger partial charge in [-0.3, -0.25) is 0 Å². The van der Waals surface area contributed by atoms with Crippen molar-refractivity contribution in [1.82, 2.24) is 0 Å². The standard InChI is InChI=1S/C8H16NO.CHF3O4S/c1-10-8-7-9-5-3-2-4-6-9;2-1(3,4)8-9(5,6)7/h7H,2-6,8H2,1H3;(H,5,6,7)/q+1;/p-1. The van der Waals surface area contributed by atoms with Gasteiger partial charge >= 0.3 is 6.36 Å². The molecule has 0 amide bonds. The summed E-state index contributed by atoms with van der Waals surface area (Å²) < 4.78 is 69.0. The van der Waals surface area contributed by atoms with Crippen molar-refractivity contribution in [3.8, 4) is 0 Å². The van der Waals surface area contributed by atoms with Gasteiger partial charge in [-0.1, -0.05) is 0 Å². The van der Waals surface area contributed by atoms with Gasteiger partial charge in [0.2, 0.25) is 10.4 Å². The van der Waals surface area contributed by atoms with Crippen molar-refractivity contribution >= 4 is 16.6 Å². The van der Waals surface area contributed by atoms with Gasteiger partial charge in [0.1, 0.15) is 19.7 Å². The van der Waals surface area contributed by atoms with Crippen molar-refractivity contribution < 1.29 is 39.6 Å². The van der Waals surface area contributed by atoms with Crippen LogP contribution in [0.25, 0.3) is 0 Å². The van der Waals surface area contributed by atoms with Crippen LogP contribution < -0.4 is 0 Å². The zero-order valence-corrected chi connectivity index (χ0v) is 11.2. The molecule has 0 unspecified atom stereocenters. The predicted molar refractivity (Wildman–Crippen MR) is 58.6 cm³/mol. The Hall–Kier alpha value is -0.710. The number of rotatable bonds is 3. The van der Waals surface area contributed by atoms with Gasteiger partial charge in [0.15, 0.2) is 6.21 Å². The number of hydrogen-bond acceptors (Lipinski definition) is 5. The average Bonchev–Trinajstić information content (AvgIpc) is 2.23. The molecule has 0 saturated carbocycles. The highest BCUT2D eigenvalue weighted by Crippen LogP contribution is 2.17. The molecule has 19 heavy (non-hydrogen) atoms. The van der Waals surface area contributed by atoms with Gasteiger partial charge in [-0.25, -0.2) is 13.0 Å². The van der Waals surface area contributed by atoms with Crippen LogP contribution in [0.2, 0.25) is 0 Å². The van der Waals surface area contributed by atoms with E-state index in [2.05, 4.69) is 10.8 Å². The molecule has 1 rings (SSSR count). The average molecular weight is 307 g/mol. The maximum absolute atomic E-state index is 10.8. The van der Waals surface area contributed by atoms with Crippen LogP contribution in [0.4, 0.5) is 13.2 Å². The van der Waals surface area contributed by atoms with Crippen molar-refractivity contribution in [1.29, 1.82) is 0 Å². The summed E-state index contributed by atoms with van der Waals surface area (Å²) in [5, 5.41) is 0. The van der Waals surface area contributed by atoms with Crippen molar-refractivity contribution in [3.63, 3.8) is 0 Å². The van der Waals surface area contributed by atoms with Crippen LogP contribution in [-0.4, -0.2) is 56.9 Å². The lowest BCUT2D eigenvalue weighted by Crippen LogP contribution is -2.22. The van der Waals surface area contributed by atoms with Gasteiger partial charge in [0.05, 0.1) is 0 Å². The minimum absolute atomic E-state index is 0.764. The molecular formula is C9H16F3NO5S. The lowest BCUT2D eigenvalue weighted by molar-refractivity contribution is -0.534. The minimum Gasteiger partial charge on any atom is -0.725 e. The molecular weight excluding hydrogens is 291 g/mol. The summed E-state index contributed by atoms with van der Waals surface area (Å²) in [4.78, 5) is 0. The second-order valence-corrected chi connectivity index (χ2v) is 4.66. The van der Waals surface area contributed by atoms with Gasteiger partial charge in [-0.05, 0) is 6.42 Å². The van der Waals surface area contributed by atoms with E-state index in [-0.39, 0.29) is 0 Å². The Kier molecular flexibility index (Phi) is 8.14. The Labute approximate surface area is 109 Å². The molecule has 0 atom stereocenters. The van der Waals surface area contributed by atoms with E-state index in [4.69, 9.17) is 17.7 Å². The van der Waals surface area contributed by atoms with Crippen LogP contribution in [0.5, 0.6) is 0 Å². The highest BCUT2D eigenvalue weighted by atomic mass is 32.3. The maximum Gasteiger partial charge on any atom is 0.536 e. The van der Waals surface area contributed by atoms with Crippen molar-refractivity contribution in [2.75, 3.05) is 26.8 Å². The highest BCUT2D eigenvalue weighted by molar-refractivity contribution is 7.80. The lowest BCUT2D eigenvalue weighted by Gasteiger charge is -2.08. The summed E-state index contributed by atoms with van der Waals surface area (Å²) in [6, 6.07) is 0.